The van der Waals surface area contributed by atoms with Crippen molar-refractivity contribution >= 4 is 22.6 Å². The summed E-state index contributed by atoms with van der Waals surface area (Å²) in [6.07, 6.45) is 0. The van der Waals surface area contributed by atoms with Crippen molar-refractivity contribution < 1.29 is 18.7 Å². The number of hydrogen-bond donors (Lipinski definition) is 1. The minimum Gasteiger partial charge on any atom is -0.497 e. The lowest BCUT2D eigenvalue weighted by Crippen LogP contribution is -2.12. The third-order valence-electron chi connectivity index (χ3n) is 4.66. The first-order valence-corrected chi connectivity index (χ1v) is 9.29. The van der Waals surface area contributed by atoms with Crippen LogP contribution in [0.2, 0.25) is 0 Å². The fourth-order valence-electron chi connectivity index (χ4n) is 3.18. The normalized spacial score (nSPS) is 10.7. The van der Waals surface area contributed by atoms with Crippen molar-refractivity contribution in [3.63, 3.8) is 0 Å². The summed E-state index contributed by atoms with van der Waals surface area (Å²) in [6, 6.07) is 22.6. The van der Waals surface area contributed by atoms with Gasteiger partial charge in [-0.15, -0.1) is 0 Å². The Morgan fingerprint density at radius 1 is 0.966 bits per heavy atom. The van der Waals surface area contributed by atoms with Crippen LogP contribution in [0.1, 0.15) is 21.7 Å². The van der Waals surface area contributed by atoms with Crippen molar-refractivity contribution in [3.8, 4) is 11.5 Å². The number of amides is 1. The van der Waals surface area contributed by atoms with Gasteiger partial charge >= 0.3 is 0 Å². The Hall–Kier alpha value is -3.73. The van der Waals surface area contributed by atoms with E-state index in [0.29, 0.717) is 35.0 Å². The summed E-state index contributed by atoms with van der Waals surface area (Å²) < 4.78 is 16.8. The van der Waals surface area contributed by atoms with E-state index in [2.05, 4.69) is 5.32 Å². The topological polar surface area (TPSA) is 60.7 Å². The van der Waals surface area contributed by atoms with Crippen LogP contribution >= 0.6 is 0 Å². The lowest BCUT2D eigenvalue weighted by atomic mass is 10.1. The molecular weight excluding hydrogens is 366 g/mol. The lowest BCUT2D eigenvalue weighted by molar-refractivity contribution is 0.102. The van der Waals surface area contributed by atoms with Crippen LogP contribution in [0, 0.1) is 6.92 Å². The van der Waals surface area contributed by atoms with Crippen LogP contribution in [0.15, 0.2) is 77.2 Å². The molecule has 0 aliphatic heterocycles. The van der Waals surface area contributed by atoms with Crippen LogP contribution in [0.4, 0.5) is 5.69 Å². The summed E-state index contributed by atoms with van der Waals surface area (Å²) in [7, 11) is 1.60. The quantitative estimate of drug-likeness (QED) is 0.469. The van der Waals surface area contributed by atoms with E-state index in [1.807, 2.05) is 48.5 Å². The highest BCUT2D eigenvalue weighted by atomic mass is 16.5. The molecule has 0 aliphatic rings. The molecule has 0 saturated carbocycles. The molecule has 0 spiro atoms. The van der Waals surface area contributed by atoms with Crippen molar-refractivity contribution in [1.29, 1.82) is 0 Å². The van der Waals surface area contributed by atoms with Gasteiger partial charge in [-0.3, -0.25) is 4.79 Å². The highest BCUT2D eigenvalue weighted by Gasteiger charge is 2.19. The Morgan fingerprint density at radius 3 is 2.41 bits per heavy atom. The minimum absolute atomic E-state index is 0.230. The summed E-state index contributed by atoms with van der Waals surface area (Å²) in [6.45, 7) is 2.24. The van der Waals surface area contributed by atoms with Gasteiger partial charge in [-0.05, 0) is 55.0 Å². The fraction of sp³-hybridized carbons (Fsp3) is 0.125. The van der Waals surface area contributed by atoms with Gasteiger partial charge in [0.05, 0.1) is 12.7 Å². The SMILES string of the molecule is COc1ccc(NC(=O)c2c(C)oc3ccc(OCc4ccccc4)cc23)cc1. The van der Waals surface area contributed by atoms with Crippen LogP contribution in [0.3, 0.4) is 0 Å². The molecule has 5 nitrogen and oxygen atoms in total. The second-order valence-electron chi connectivity index (χ2n) is 6.65. The van der Waals surface area contributed by atoms with Gasteiger partial charge in [0, 0.05) is 11.1 Å². The number of nitrogens with one attached hydrogen (secondary N) is 1. The fourth-order valence-corrected chi connectivity index (χ4v) is 3.18. The molecule has 5 heteroatoms. The number of carbonyl (C=O) groups is 1. The zero-order valence-electron chi connectivity index (χ0n) is 16.3. The molecule has 1 heterocycles. The van der Waals surface area contributed by atoms with Gasteiger partial charge < -0.3 is 19.2 Å². The number of anilines is 1. The van der Waals surface area contributed by atoms with Crippen molar-refractivity contribution in [2.75, 3.05) is 12.4 Å². The van der Waals surface area contributed by atoms with Crippen molar-refractivity contribution in [2.45, 2.75) is 13.5 Å². The zero-order valence-corrected chi connectivity index (χ0v) is 16.3. The Balaban J connectivity index is 1.57. The summed E-state index contributed by atoms with van der Waals surface area (Å²) in [5.74, 6) is 1.74. The molecule has 0 fully saturated rings. The highest BCUT2D eigenvalue weighted by Crippen LogP contribution is 2.30. The number of rotatable bonds is 6. The van der Waals surface area contributed by atoms with Gasteiger partial charge in [0.15, 0.2) is 0 Å². The first kappa shape index (κ1) is 18.6. The van der Waals surface area contributed by atoms with Gasteiger partial charge in [0.25, 0.3) is 5.91 Å². The molecule has 1 aromatic heterocycles. The largest absolute Gasteiger partial charge is 0.497 e. The molecule has 1 amide bonds. The summed E-state index contributed by atoms with van der Waals surface area (Å²) in [5, 5.41) is 3.63. The smallest absolute Gasteiger partial charge is 0.259 e. The average molecular weight is 387 g/mol. The predicted molar refractivity (Wildman–Crippen MR) is 113 cm³/mol. The van der Waals surface area contributed by atoms with E-state index >= 15 is 0 Å². The minimum atomic E-state index is -0.230. The standard InChI is InChI=1S/C24H21NO4/c1-16-23(24(26)25-18-8-10-19(27-2)11-9-18)21-14-20(12-13-22(21)29-16)28-15-17-6-4-3-5-7-17/h3-14H,15H2,1-2H3,(H,25,26). The lowest BCUT2D eigenvalue weighted by Gasteiger charge is -2.08. The molecular formula is C24H21NO4. The average Bonchev–Trinajstić information content (AvgIpc) is 3.08. The van der Waals surface area contributed by atoms with Crippen molar-refractivity contribution in [2.24, 2.45) is 0 Å². The molecule has 3 aromatic carbocycles. The number of methoxy groups -OCH3 is 1. The molecule has 0 unspecified atom stereocenters. The number of furan rings is 1. The number of hydrogen-bond acceptors (Lipinski definition) is 4. The molecule has 146 valence electrons. The van der Waals surface area contributed by atoms with E-state index in [1.165, 1.54) is 0 Å². The van der Waals surface area contributed by atoms with Gasteiger partial charge in [0.1, 0.15) is 29.4 Å². The van der Waals surface area contributed by atoms with Gasteiger partial charge in [-0.2, -0.15) is 0 Å². The first-order chi connectivity index (χ1) is 14.1. The Labute approximate surface area is 168 Å². The van der Waals surface area contributed by atoms with Crippen LogP contribution < -0.4 is 14.8 Å². The van der Waals surface area contributed by atoms with E-state index in [4.69, 9.17) is 13.9 Å². The maximum atomic E-state index is 12.9. The summed E-state index contributed by atoms with van der Waals surface area (Å²) >= 11 is 0. The molecule has 4 aromatic rings. The van der Waals surface area contributed by atoms with E-state index in [1.54, 1.807) is 38.3 Å². The number of fused-ring (bicyclic) bond motifs is 1. The molecule has 0 radical (unpaired) electrons. The van der Waals surface area contributed by atoms with Crippen LogP contribution in [0.5, 0.6) is 11.5 Å². The Kier molecular flexibility index (Phi) is 5.20. The van der Waals surface area contributed by atoms with Crippen LogP contribution in [-0.4, -0.2) is 13.0 Å². The molecule has 0 saturated heterocycles. The van der Waals surface area contributed by atoms with Gasteiger partial charge in [-0.25, -0.2) is 0 Å². The molecule has 0 aliphatic carbocycles. The Bertz CT molecular complexity index is 1130. The van der Waals surface area contributed by atoms with Crippen molar-refractivity contribution in [1.82, 2.24) is 0 Å². The van der Waals surface area contributed by atoms with E-state index < -0.39 is 0 Å². The van der Waals surface area contributed by atoms with E-state index in [-0.39, 0.29) is 5.91 Å². The second-order valence-corrected chi connectivity index (χ2v) is 6.65. The zero-order chi connectivity index (χ0) is 20.2. The van der Waals surface area contributed by atoms with E-state index in [9.17, 15) is 4.79 Å². The molecule has 1 N–H and O–H groups in total. The number of ether oxygens (including phenoxy) is 2. The van der Waals surface area contributed by atoms with Gasteiger partial charge in [-0.1, -0.05) is 30.3 Å². The monoisotopic (exact) mass is 387 g/mol. The summed E-state index contributed by atoms with van der Waals surface area (Å²) in [5.41, 5.74) is 2.91. The van der Waals surface area contributed by atoms with Crippen molar-refractivity contribution in [3.05, 3.63) is 89.7 Å². The van der Waals surface area contributed by atoms with Crippen LogP contribution in [-0.2, 0) is 6.61 Å². The van der Waals surface area contributed by atoms with Crippen LogP contribution in [0.25, 0.3) is 11.0 Å². The third-order valence-corrected chi connectivity index (χ3v) is 4.66. The molecule has 29 heavy (non-hydrogen) atoms. The molecule has 0 atom stereocenters. The molecule has 4 rings (SSSR count). The third kappa shape index (κ3) is 4.09. The maximum Gasteiger partial charge on any atom is 0.259 e. The second kappa shape index (κ2) is 8.10. The first-order valence-electron chi connectivity index (χ1n) is 9.29. The Morgan fingerprint density at radius 2 is 1.69 bits per heavy atom. The number of carbonyl (C=O) groups excluding carboxylic acids is 1. The summed E-state index contributed by atoms with van der Waals surface area (Å²) in [4.78, 5) is 12.9. The highest BCUT2D eigenvalue weighted by molar-refractivity contribution is 6.13. The molecule has 0 bridgehead atoms. The predicted octanol–water partition coefficient (Wildman–Crippen LogP) is 5.58. The number of benzene rings is 3. The van der Waals surface area contributed by atoms with E-state index in [0.717, 1.165) is 16.7 Å². The van der Waals surface area contributed by atoms with Gasteiger partial charge in [0.2, 0.25) is 0 Å². The number of aryl methyl sites for hydroxylation is 1. The maximum absolute atomic E-state index is 12.9.